The average Bonchev–Trinajstić information content (AvgIpc) is 2.37. The Bertz CT molecular complexity index is 329. The molecule has 0 spiro atoms. The first-order valence-electron chi connectivity index (χ1n) is 7.39. The zero-order valence-electron chi connectivity index (χ0n) is 14.1. The molecule has 0 aromatic rings. The van der Waals surface area contributed by atoms with Gasteiger partial charge in [-0.1, -0.05) is 38.5 Å². The monoisotopic (exact) mass is 284 g/mol. The first-order valence-corrected chi connectivity index (χ1v) is 7.39. The lowest BCUT2D eigenvalue weighted by Gasteiger charge is -2.27. The number of allylic oxidation sites excluding steroid dienone is 1. The van der Waals surface area contributed by atoms with Crippen LogP contribution in [0.15, 0.2) is 23.3 Å². The van der Waals surface area contributed by atoms with Crippen molar-refractivity contribution in [2.45, 2.75) is 53.8 Å². The Kier molecular flexibility index (Phi) is 9.03. The molecule has 20 heavy (non-hydrogen) atoms. The number of hydrogen-bond donors (Lipinski definition) is 2. The van der Waals surface area contributed by atoms with E-state index in [9.17, 15) is 10.2 Å². The minimum Gasteiger partial charge on any atom is -0.396 e. The van der Waals surface area contributed by atoms with Crippen LogP contribution in [0.1, 0.15) is 41.5 Å². The van der Waals surface area contributed by atoms with Gasteiger partial charge >= 0.3 is 0 Å². The van der Waals surface area contributed by atoms with Crippen LogP contribution in [0.4, 0.5) is 0 Å². The summed E-state index contributed by atoms with van der Waals surface area (Å²) < 4.78 is 5.47. The summed E-state index contributed by atoms with van der Waals surface area (Å²) in [6.45, 7) is 12.2. The summed E-state index contributed by atoms with van der Waals surface area (Å²) in [7, 11) is 1.67. The second kappa shape index (κ2) is 9.32. The molecule has 0 aromatic carbocycles. The van der Waals surface area contributed by atoms with E-state index in [4.69, 9.17) is 4.74 Å². The van der Waals surface area contributed by atoms with Gasteiger partial charge in [-0.3, -0.25) is 0 Å². The summed E-state index contributed by atoms with van der Waals surface area (Å²) in [5.41, 5.74) is 2.16. The Morgan fingerprint density at radius 1 is 1.05 bits per heavy atom. The van der Waals surface area contributed by atoms with Crippen LogP contribution in [-0.4, -0.2) is 36.1 Å². The maximum atomic E-state index is 10.3. The van der Waals surface area contributed by atoms with Gasteiger partial charge in [0.25, 0.3) is 0 Å². The summed E-state index contributed by atoms with van der Waals surface area (Å²) in [6.07, 6.45) is 3.62. The third-order valence-corrected chi connectivity index (χ3v) is 3.73. The normalized spacial score (nSPS) is 19.9. The van der Waals surface area contributed by atoms with Crippen LogP contribution in [0.25, 0.3) is 0 Å². The fourth-order valence-corrected chi connectivity index (χ4v) is 2.71. The van der Waals surface area contributed by atoms with Gasteiger partial charge in [0.1, 0.15) is 0 Å². The quantitative estimate of drug-likeness (QED) is 0.673. The Morgan fingerprint density at radius 3 is 2.00 bits per heavy atom. The van der Waals surface area contributed by atoms with Gasteiger partial charge in [0.15, 0.2) is 0 Å². The molecule has 0 bridgehead atoms. The van der Waals surface area contributed by atoms with E-state index in [0.717, 1.165) is 5.57 Å². The highest BCUT2D eigenvalue weighted by Crippen LogP contribution is 2.22. The molecule has 0 fully saturated rings. The Hall–Kier alpha value is -0.640. The summed E-state index contributed by atoms with van der Waals surface area (Å²) in [5.74, 6) is 0.321. The Labute approximate surface area is 124 Å². The Balaban J connectivity index is 4.89. The molecule has 3 heteroatoms. The molecular weight excluding hydrogens is 252 g/mol. The van der Waals surface area contributed by atoms with Gasteiger partial charge in [0.05, 0.1) is 12.2 Å². The molecule has 0 aliphatic rings. The molecule has 0 amide bonds. The first kappa shape index (κ1) is 19.4. The molecule has 0 unspecified atom stereocenters. The fourth-order valence-electron chi connectivity index (χ4n) is 2.71. The fraction of sp³-hybridized carbons (Fsp3) is 0.765. The van der Waals surface area contributed by atoms with Crippen molar-refractivity contribution in [3.05, 3.63) is 23.3 Å². The maximum absolute atomic E-state index is 10.3. The molecule has 5 atom stereocenters. The standard InChI is InChI=1S/C17H32O3/c1-11(2)8-12(3)16(19)13(4)9-14(5)17(20-7)15(6)10-18/h8-9,12,14-19H,10H2,1-7H3/b13-9+/t12-,14-,15-,16+,17-/m0/s1. The molecular formula is C17H32O3. The minimum atomic E-state index is -0.478. The molecule has 0 saturated carbocycles. The van der Waals surface area contributed by atoms with Crippen LogP contribution < -0.4 is 0 Å². The van der Waals surface area contributed by atoms with Gasteiger partial charge in [-0.15, -0.1) is 0 Å². The van der Waals surface area contributed by atoms with E-state index in [-0.39, 0.29) is 30.5 Å². The number of aliphatic hydroxyl groups is 2. The Morgan fingerprint density at radius 2 is 1.60 bits per heavy atom. The van der Waals surface area contributed by atoms with E-state index in [1.807, 2.05) is 34.6 Å². The largest absolute Gasteiger partial charge is 0.396 e. The van der Waals surface area contributed by atoms with Crippen LogP contribution >= 0.6 is 0 Å². The zero-order chi connectivity index (χ0) is 15.9. The molecule has 0 radical (unpaired) electrons. The van der Waals surface area contributed by atoms with E-state index < -0.39 is 6.10 Å². The van der Waals surface area contributed by atoms with Gasteiger partial charge in [-0.2, -0.15) is 0 Å². The highest BCUT2D eigenvalue weighted by Gasteiger charge is 2.23. The smallest absolute Gasteiger partial charge is 0.0807 e. The number of ether oxygens (including phenoxy) is 1. The summed E-state index contributed by atoms with van der Waals surface area (Å²) >= 11 is 0. The highest BCUT2D eigenvalue weighted by atomic mass is 16.5. The first-order chi connectivity index (χ1) is 9.24. The van der Waals surface area contributed by atoms with Crippen molar-refractivity contribution < 1.29 is 14.9 Å². The second-order valence-corrected chi connectivity index (χ2v) is 6.18. The lowest BCUT2D eigenvalue weighted by molar-refractivity contribution is 0.0101. The van der Waals surface area contributed by atoms with Crippen molar-refractivity contribution in [3.8, 4) is 0 Å². The van der Waals surface area contributed by atoms with E-state index in [1.54, 1.807) is 7.11 Å². The second-order valence-electron chi connectivity index (χ2n) is 6.18. The number of hydrogen-bond acceptors (Lipinski definition) is 3. The van der Waals surface area contributed by atoms with Crippen molar-refractivity contribution in [1.29, 1.82) is 0 Å². The summed E-state index contributed by atoms with van der Waals surface area (Å²) in [4.78, 5) is 0. The van der Waals surface area contributed by atoms with E-state index in [1.165, 1.54) is 5.57 Å². The topological polar surface area (TPSA) is 49.7 Å². The third kappa shape index (κ3) is 6.21. The molecule has 0 heterocycles. The number of rotatable bonds is 8. The van der Waals surface area contributed by atoms with E-state index in [0.29, 0.717) is 0 Å². The average molecular weight is 284 g/mol. The van der Waals surface area contributed by atoms with Crippen LogP contribution in [0.3, 0.4) is 0 Å². The predicted molar refractivity (Wildman–Crippen MR) is 84.6 cm³/mol. The van der Waals surface area contributed by atoms with Crippen molar-refractivity contribution >= 4 is 0 Å². The highest BCUT2D eigenvalue weighted by molar-refractivity contribution is 5.12. The zero-order valence-corrected chi connectivity index (χ0v) is 14.1. The molecule has 0 aliphatic carbocycles. The van der Waals surface area contributed by atoms with Crippen molar-refractivity contribution in [3.63, 3.8) is 0 Å². The maximum Gasteiger partial charge on any atom is 0.0807 e. The van der Waals surface area contributed by atoms with Gasteiger partial charge in [0.2, 0.25) is 0 Å². The lowest BCUT2D eigenvalue weighted by Crippen LogP contribution is -2.30. The van der Waals surface area contributed by atoms with Crippen molar-refractivity contribution in [1.82, 2.24) is 0 Å². The van der Waals surface area contributed by atoms with Crippen LogP contribution in [-0.2, 0) is 4.74 Å². The number of methoxy groups -OCH3 is 1. The SMILES string of the molecule is CO[C@@H]([C@@H](C)/C=C(\C)[C@H](O)[C@@H](C)C=C(C)C)[C@@H](C)CO. The third-order valence-electron chi connectivity index (χ3n) is 3.73. The van der Waals surface area contributed by atoms with Gasteiger partial charge < -0.3 is 14.9 Å². The van der Waals surface area contributed by atoms with E-state index in [2.05, 4.69) is 19.1 Å². The van der Waals surface area contributed by atoms with Gasteiger partial charge in [0, 0.05) is 31.5 Å². The molecule has 118 valence electrons. The van der Waals surface area contributed by atoms with Crippen LogP contribution in [0, 0.1) is 17.8 Å². The van der Waals surface area contributed by atoms with Crippen LogP contribution in [0.2, 0.25) is 0 Å². The molecule has 0 saturated heterocycles. The van der Waals surface area contributed by atoms with Crippen LogP contribution in [0.5, 0.6) is 0 Å². The number of aliphatic hydroxyl groups excluding tert-OH is 2. The summed E-state index contributed by atoms with van der Waals surface area (Å²) in [5, 5.41) is 19.6. The molecule has 3 nitrogen and oxygen atoms in total. The van der Waals surface area contributed by atoms with Crippen molar-refractivity contribution in [2.75, 3.05) is 13.7 Å². The van der Waals surface area contributed by atoms with Crippen molar-refractivity contribution in [2.24, 2.45) is 17.8 Å². The lowest BCUT2D eigenvalue weighted by atomic mass is 9.89. The summed E-state index contributed by atoms with van der Waals surface area (Å²) in [6, 6.07) is 0. The molecule has 2 N–H and O–H groups in total. The predicted octanol–water partition coefficient (Wildman–Crippen LogP) is 3.18. The van der Waals surface area contributed by atoms with Gasteiger partial charge in [-0.25, -0.2) is 0 Å². The van der Waals surface area contributed by atoms with Gasteiger partial charge in [-0.05, 0) is 26.3 Å². The molecule has 0 aliphatic heterocycles. The molecule has 0 rings (SSSR count). The molecule has 0 aromatic heterocycles. The minimum absolute atomic E-state index is 0.0408. The van der Waals surface area contributed by atoms with E-state index >= 15 is 0 Å².